The van der Waals surface area contributed by atoms with E-state index >= 15 is 0 Å². The minimum atomic E-state index is 0.753. The first kappa shape index (κ1) is 12.0. The molecule has 1 rings (SSSR count). The van der Waals surface area contributed by atoms with Crippen molar-refractivity contribution in [2.75, 3.05) is 20.8 Å². The van der Waals surface area contributed by atoms with Gasteiger partial charge in [0.2, 0.25) is 0 Å². The van der Waals surface area contributed by atoms with Crippen LogP contribution in [-0.2, 0) is 4.74 Å². The van der Waals surface area contributed by atoms with Gasteiger partial charge in [-0.3, -0.25) is 0 Å². The summed E-state index contributed by atoms with van der Waals surface area (Å²) in [6, 6.07) is 0.753. The Morgan fingerprint density at radius 2 is 2.14 bits per heavy atom. The monoisotopic (exact) mass is 199 g/mol. The summed E-state index contributed by atoms with van der Waals surface area (Å²) in [6.07, 6.45) is 6.69. The molecule has 0 aromatic heterocycles. The highest BCUT2D eigenvalue weighted by atomic mass is 16.5. The quantitative estimate of drug-likeness (QED) is 0.687. The van der Waals surface area contributed by atoms with Gasteiger partial charge in [-0.25, -0.2) is 0 Å². The molecule has 3 atom stereocenters. The smallest absolute Gasteiger partial charge is 0.0462 e. The fraction of sp³-hybridized carbons (Fsp3) is 1.00. The largest absolute Gasteiger partial charge is 0.385 e. The second-order valence-corrected chi connectivity index (χ2v) is 4.71. The highest BCUT2D eigenvalue weighted by Crippen LogP contribution is 2.31. The van der Waals surface area contributed by atoms with Gasteiger partial charge in [-0.05, 0) is 51.0 Å². The van der Waals surface area contributed by atoms with Crippen molar-refractivity contribution in [1.29, 1.82) is 0 Å². The van der Waals surface area contributed by atoms with Crippen molar-refractivity contribution in [3.05, 3.63) is 0 Å². The second kappa shape index (κ2) is 6.41. The minimum Gasteiger partial charge on any atom is -0.385 e. The van der Waals surface area contributed by atoms with E-state index in [4.69, 9.17) is 4.74 Å². The summed E-state index contributed by atoms with van der Waals surface area (Å²) >= 11 is 0. The fourth-order valence-corrected chi connectivity index (χ4v) is 2.69. The lowest BCUT2D eigenvalue weighted by molar-refractivity contribution is 0.161. The number of methoxy groups -OCH3 is 1. The summed E-state index contributed by atoms with van der Waals surface area (Å²) < 4.78 is 5.11. The standard InChI is InChI=1S/C12H25NO/c1-10-6-7-12(13-2)11(9-10)5-4-8-14-3/h10-13H,4-9H2,1-3H3. The fourth-order valence-electron chi connectivity index (χ4n) is 2.69. The lowest BCUT2D eigenvalue weighted by atomic mass is 9.77. The van der Waals surface area contributed by atoms with Crippen LogP contribution in [-0.4, -0.2) is 26.8 Å². The van der Waals surface area contributed by atoms with Gasteiger partial charge in [0.25, 0.3) is 0 Å². The summed E-state index contributed by atoms with van der Waals surface area (Å²) in [6.45, 7) is 3.30. The van der Waals surface area contributed by atoms with Crippen LogP contribution in [0.1, 0.15) is 39.0 Å². The van der Waals surface area contributed by atoms with Crippen LogP contribution >= 0.6 is 0 Å². The lowest BCUT2D eigenvalue weighted by Crippen LogP contribution is -2.38. The van der Waals surface area contributed by atoms with Gasteiger partial charge < -0.3 is 10.1 Å². The van der Waals surface area contributed by atoms with Gasteiger partial charge in [0, 0.05) is 19.8 Å². The molecule has 0 aliphatic heterocycles. The van der Waals surface area contributed by atoms with Crippen molar-refractivity contribution in [3.63, 3.8) is 0 Å². The van der Waals surface area contributed by atoms with E-state index in [9.17, 15) is 0 Å². The Morgan fingerprint density at radius 1 is 1.36 bits per heavy atom. The zero-order valence-electron chi connectivity index (χ0n) is 9.88. The first-order chi connectivity index (χ1) is 6.77. The van der Waals surface area contributed by atoms with Crippen LogP contribution in [0.15, 0.2) is 0 Å². The highest BCUT2D eigenvalue weighted by molar-refractivity contribution is 4.82. The average molecular weight is 199 g/mol. The first-order valence-electron chi connectivity index (χ1n) is 5.94. The summed E-state index contributed by atoms with van der Waals surface area (Å²) in [5, 5.41) is 3.46. The molecule has 1 saturated carbocycles. The zero-order chi connectivity index (χ0) is 10.4. The van der Waals surface area contributed by atoms with Crippen molar-refractivity contribution in [2.24, 2.45) is 11.8 Å². The Morgan fingerprint density at radius 3 is 2.79 bits per heavy atom. The molecule has 0 aromatic rings. The molecular weight excluding hydrogens is 174 g/mol. The first-order valence-corrected chi connectivity index (χ1v) is 5.94. The zero-order valence-corrected chi connectivity index (χ0v) is 9.88. The van der Waals surface area contributed by atoms with E-state index in [1.165, 1.54) is 32.1 Å². The number of rotatable bonds is 5. The molecule has 3 unspecified atom stereocenters. The van der Waals surface area contributed by atoms with Crippen molar-refractivity contribution in [1.82, 2.24) is 5.32 Å². The SMILES string of the molecule is CNC1CCC(C)CC1CCCOC. The molecule has 0 spiro atoms. The van der Waals surface area contributed by atoms with E-state index in [1.807, 2.05) is 0 Å². The predicted molar refractivity (Wildman–Crippen MR) is 60.5 cm³/mol. The number of hydrogen-bond acceptors (Lipinski definition) is 2. The van der Waals surface area contributed by atoms with E-state index in [1.54, 1.807) is 7.11 Å². The maximum Gasteiger partial charge on any atom is 0.0462 e. The third-order valence-corrected chi connectivity index (χ3v) is 3.54. The molecule has 0 radical (unpaired) electrons. The average Bonchev–Trinajstić information content (AvgIpc) is 2.19. The van der Waals surface area contributed by atoms with Crippen molar-refractivity contribution in [3.8, 4) is 0 Å². The van der Waals surface area contributed by atoms with Gasteiger partial charge >= 0.3 is 0 Å². The molecule has 2 heteroatoms. The Kier molecular flexibility index (Phi) is 5.49. The van der Waals surface area contributed by atoms with Crippen molar-refractivity contribution < 1.29 is 4.74 Å². The van der Waals surface area contributed by atoms with Gasteiger partial charge in [0.05, 0.1) is 0 Å². The Bertz CT molecular complexity index is 149. The molecule has 1 aliphatic rings. The van der Waals surface area contributed by atoms with Gasteiger partial charge in [-0.2, -0.15) is 0 Å². The Hall–Kier alpha value is -0.0800. The normalized spacial score (nSPS) is 33.2. The summed E-state index contributed by atoms with van der Waals surface area (Å²) in [5.74, 6) is 1.80. The molecule has 84 valence electrons. The maximum atomic E-state index is 5.11. The molecule has 14 heavy (non-hydrogen) atoms. The minimum absolute atomic E-state index is 0.753. The molecule has 1 aliphatic carbocycles. The van der Waals surface area contributed by atoms with Gasteiger partial charge in [0.1, 0.15) is 0 Å². The third-order valence-electron chi connectivity index (χ3n) is 3.54. The van der Waals surface area contributed by atoms with Crippen LogP contribution in [0.5, 0.6) is 0 Å². The van der Waals surface area contributed by atoms with E-state index in [2.05, 4.69) is 19.3 Å². The van der Waals surface area contributed by atoms with Crippen LogP contribution in [0, 0.1) is 11.8 Å². The van der Waals surface area contributed by atoms with Gasteiger partial charge in [-0.1, -0.05) is 6.92 Å². The number of hydrogen-bond donors (Lipinski definition) is 1. The lowest BCUT2D eigenvalue weighted by Gasteiger charge is -2.34. The second-order valence-electron chi connectivity index (χ2n) is 4.71. The number of ether oxygens (including phenoxy) is 1. The summed E-state index contributed by atoms with van der Waals surface area (Å²) in [7, 11) is 3.89. The molecule has 1 fully saturated rings. The summed E-state index contributed by atoms with van der Waals surface area (Å²) in [4.78, 5) is 0. The van der Waals surface area contributed by atoms with E-state index in [-0.39, 0.29) is 0 Å². The van der Waals surface area contributed by atoms with Crippen LogP contribution in [0.25, 0.3) is 0 Å². The van der Waals surface area contributed by atoms with Gasteiger partial charge in [0.15, 0.2) is 0 Å². The van der Waals surface area contributed by atoms with Crippen LogP contribution in [0.4, 0.5) is 0 Å². The maximum absolute atomic E-state index is 5.11. The molecule has 0 heterocycles. The summed E-state index contributed by atoms with van der Waals surface area (Å²) in [5.41, 5.74) is 0. The molecule has 2 nitrogen and oxygen atoms in total. The van der Waals surface area contributed by atoms with Crippen molar-refractivity contribution >= 4 is 0 Å². The van der Waals surface area contributed by atoms with Crippen LogP contribution in [0.3, 0.4) is 0 Å². The van der Waals surface area contributed by atoms with E-state index in [0.29, 0.717) is 0 Å². The Balaban J connectivity index is 2.29. The predicted octanol–water partition coefficient (Wildman–Crippen LogP) is 2.44. The van der Waals surface area contributed by atoms with E-state index in [0.717, 1.165) is 24.5 Å². The van der Waals surface area contributed by atoms with E-state index < -0.39 is 0 Å². The topological polar surface area (TPSA) is 21.3 Å². The van der Waals surface area contributed by atoms with Gasteiger partial charge in [-0.15, -0.1) is 0 Å². The Labute approximate surface area is 88.4 Å². The van der Waals surface area contributed by atoms with Crippen molar-refractivity contribution in [2.45, 2.75) is 45.1 Å². The molecule has 0 amide bonds. The van der Waals surface area contributed by atoms with Crippen LogP contribution in [0.2, 0.25) is 0 Å². The highest BCUT2D eigenvalue weighted by Gasteiger charge is 2.26. The molecule has 0 bridgehead atoms. The number of nitrogens with one attached hydrogen (secondary N) is 1. The third kappa shape index (κ3) is 3.58. The molecule has 0 saturated heterocycles. The van der Waals surface area contributed by atoms with Crippen LogP contribution < -0.4 is 5.32 Å². The molecular formula is C12H25NO. The molecule has 0 aromatic carbocycles. The molecule has 1 N–H and O–H groups in total.